The Labute approximate surface area is 125 Å². The van der Waals surface area contributed by atoms with E-state index in [9.17, 15) is 0 Å². The summed E-state index contributed by atoms with van der Waals surface area (Å²) in [6.07, 6.45) is 4.24. The third kappa shape index (κ3) is 0.968. The largest absolute Gasteiger partial charge is 0.334 e. The summed E-state index contributed by atoms with van der Waals surface area (Å²) < 4.78 is 6.76. The molecule has 0 amide bonds. The van der Waals surface area contributed by atoms with Crippen LogP contribution in [-0.4, -0.2) is 18.4 Å². The molecule has 4 nitrogen and oxygen atoms in total. The second-order valence-electron chi connectivity index (χ2n) is 5.91. The summed E-state index contributed by atoms with van der Waals surface area (Å²) in [6.45, 7) is 0. The molecule has 4 aromatic heterocycles. The highest BCUT2D eigenvalue weighted by molar-refractivity contribution is 6.22. The van der Waals surface area contributed by atoms with E-state index in [0.717, 1.165) is 11.2 Å². The fourth-order valence-corrected chi connectivity index (χ4v) is 3.89. The van der Waals surface area contributed by atoms with Crippen LogP contribution in [0.4, 0.5) is 0 Å². The molecule has 0 saturated heterocycles. The maximum absolute atomic E-state index is 4.87. The number of imidazole rings is 2. The molecule has 0 unspecified atom stereocenters. The summed E-state index contributed by atoms with van der Waals surface area (Å²) in [6, 6.07) is 14.8. The van der Waals surface area contributed by atoms with E-state index in [1.165, 1.54) is 33.0 Å². The van der Waals surface area contributed by atoms with Gasteiger partial charge in [0.1, 0.15) is 11.3 Å². The van der Waals surface area contributed by atoms with Crippen molar-refractivity contribution in [3.05, 3.63) is 54.9 Å². The van der Waals surface area contributed by atoms with Gasteiger partial charge < -0.3 is 4.57 Å². The first kappa shape index (κ1) is 10.7. The normalized spacial score (nSPS) is 12.8. The van der Waals surface area contributed by atoms with Crippen molar-refractivity contribution in [1.82, 2.24) is 18.4 Å². The summed E-state index contributed by atoms with van der Waals surface area (Å²) in [5.41, 5.74) is 6.99. The number of aryl methyl sites for hydroxylation is 1. The Morgan fingerprint density at radius 3 is 2.73 bits per heavy atom. The molecule has 6 rings (SSSR count). The Morgan fingerprint density at radius 2 is 1.77 bits per heavy atom. The molecule has 0 spiro atoms. The Balaban J connectivity index is 2.13. The molecule has 104 valence electrons. The van der Waals surface area contributed by atoms with E-state index in [0.29, 0.717) is 0 Å². The summed E-state index contributed by atoms with van der Waals surface area (Å²) >= 11 is 0. The predicted octanol–water partition coefficient (Wildman–Crippen LogP) is 3.82. The van der Waals surface area contributed by atoms with Crippen LogP contribution in [-0.2, 0) is 7.05 Å². The molecular formula is C18H12N4. The van der Waals surface area contributed by atoms with E-state index in [2.05, 4.69) is 69.2 Å². The van der Waals surface area contributed by atoms with Gasteiger partial charge in [-0.1, -0.05) is 24.3 Å². The van der Waals surface area contributed by atoms with Gasteiger partial charge in [0.15, 0.2) is 0 Å². The molecule has 22 heavy (non-hydrogen) atoms. The van der Waals surface area contributed by atoms with Crippen LogP contribution < -0.4 is 0 Å². The first-order valence-corrected chi connectivity index (χ1v) is 7.41. The molecule has 0 bridgehead atoms. The molecule has 0 N–H and O–H groups in total. The van der Waals surface area contributed by atoms with Crippen molar-refractivity contribution in [2.45, 2.75) is 0 Å². The van der Waals surface area contributed by atoms with Gasteiger partial charge in [0, 0.05) is 30.2 Å². The van der Waals surface area contributed by atoms with Crippen molar-refractivity contribution >= 4 is 44.1 Å². The standard InChI is InChI=1S/C18H12N4/c1-20-9-10-21-14-8-4-5-11-15(14)16(18(20)21)22-13-7-3-2-6-12(13)19-17(11)22/h2-10H,1H3. The number of hydrogen-bond acceptors (Lipinski definition) is 1. The molecule has 0 atom stereocenters. The van der Waals surface area contributed by atoms with E-state index >= 15 is 0 Å². The zero-order chi connectivity index (χ0) is 14.4. The molecule has 0 radical (unpaired) electrons. The van der Waals surface area contributed by atoms with Gasteiger partial charge in [-0.2, -0.15) is 0 Å². The van der Waals surface area contributed by atoms with Crippen LogP contribution in [0.3, 0.4) is 0 Å². The van der Waals surface area contributed by atoms with Crippen molar-refractivity contribution in [3.8, 4) is 0 Å². The number of para-hydroxylation sites is 2. The van der Waals surface area contributed by atoms with Gasteiger partial charge >= 0.3 is 0 Å². The number of aromatic nitrogens is 4. The van der Waals surface area contributed by atoms with E-state index in [1.807, 2.05) is 6.07 Å². The maximum atomic E-state index is 4.87. The smallest absolute Gasteiger partial charge is 0.146 e. The summed E-state index contributed by atoms with van der Waals surface area (Å²) in [5, 5.41) is 2.54. The molecule has 4 heterocycles. The lowest BCUT2D eigenvalue weighted by atomic mass is 10.2. The van der Waals surface area contributed by atoms with Gasteiger partial charge in [0.25, 0.3) is 0 Å². The fraction of sp³-hybridized carbons (Fsp3) is 0.0556. The van der Waals surface area contributed by atoms with Crippen LogP contribution in [0.25, 0.3) is 44.1 Å². The molecule has 0 saturated carbocycles. The van der Waals surface area contributed by atoms with Crippen molar-refractivity contribution in [3.63, 3.8) is 0 Å². The third-order valence-corrected chi connectivity index (χ3v) is 4.78. The Kier molecular flexibility index (Phi) is 1.58. The minimum atomic E-state index is 1.05. The number of rotatable bonds is 0. The second-order valence-corrected chi connectivity index (χ2v) is 5.91. The number of benzene rings is 2. The molecule has 4 heteroatoms. The van der Waals surface area contributed by atoms with Crippen molar-refractivity contribution < 1.29 is 0 Å². The van der Waals surface area contributed by atoms with Crippen LogP contribution in [0.2, 0.25) is 0 Å². The molecule has 0 fully saturated rings. The summed E-state index contributed by atoms with van der Waals surface area (Å²) in [4.78, 5) is 4.87. The van der Waals surface area contributed by atoms with Gasteiger partial charge in [-0.3, -0.25) is 8.80 Å². The minimum Gasteiger partial charge on any atom is -0.334 e. The van der Waals surface area contributed by atoms with Gasteiger partial charge in [-0.15, -0.1) is 0 Å². The quantitative estimate of drug-likeness (QED) is 0.416. The summed E-state index contributed by atoms with van der Waals surface area (Å²) in [7, 11) is 2.10. The van der Waals surface area contributed by atoms with Crippen molar-refractivity contribution in [2.24, 2.45) is 7.05 Å². The molecule has 6 aromatic rings. The second kappa shape index (κ2) is 3.25. The third-order valence-electron chi connectivity index (χ3n) is 4.78. The zero-order valence-electron chi connectivity index (χ0n) is 12.0. The molecule has 0 aliphatic heterocycles. The highest BCUT2D eigenvalue weighted by atomic mass is 15.1. The average molecular weight is 284 g/mol. The van der Waals surface area contributed by atoms with Crippen molar-refractivity contribution in [2.75, 3.05) is 0 Å². The SMILES string of the molecule is Cn1ccn2c3cccc4c3c(c12)n1c2ccccc2nc41. The molecule has 2 aromatic carbocycles. The maximum Gasteiger partial charge on any atom is 0.146 e. The van der Waals surface area contributed by atoms with Crippen LogP contribution in [0.15, 0.2) is 54.9 Å². The van der Waals surface area contributed by atoms with Crippen LogP contribution in [0, 0.1) is 0 Å². The number of nitrogens with zero attached hydrogens (tertiary/aromatic N) is 4. The van der Waals surface area contributed by atoms with E-state index in [4.69, 9.17) is 4.98 Å². The van der Waals surface area contributed by atoms with Crippen LogP contribution in [0.5, 0.6) is 0 Å². The minimum absolute atomic E-state index is 1.05. The zero-order valence-corrected chi connectivity index (χ0v) is 12.0. The Hall–Kier alpha value is -3.01. The van der Waals surface area contributed by atoms with Crippen LogP contribution in [0.1, 0.15) is 0 Å². The highest BCUT2D eigenvalue weighted by Crippen LogP contribution is 2.38. The Bertz CT molecular complexity index is 1330. The van der Waals surface area contributed by atoms with E-state index in [1.54, 1.807) is 0 Å². The molecule has 0 aliphatic carbocycles. The highest BCUT2D eigenvalue weighted by Gasteiger charge is 2.21. The van der Waals surface area contributed by atoms with Crippen LogP contribution >= 0.6 is 0 Å². The predicted molar refractivity (Wildman–Crippen MR) is 88.8 cm³/mol. The monoisotopic (exact) mass is 284 g/mol. The summed E-state index contributed by atoms with van der Waals surface area (Å²) in [5.74, 6) is 0. The topological polar surface area (TPSA) is 26.6 Å². The van der Waals surface area contributed by atoms with Gasteiger partial charge in [0.05, 0.1) is 22.1 Å². The Morgan fingerprint density at radius 1 is 0.909 bits per heavy atom. The average Bonchev–Trinajstić information content (AvgIpc) is 3.24. The van der Waals surface area contributed by atoms with Gasteiger partial charge in [-0.05, 0) is 18.2 Å². The van der Waals surface area contributed by atoms with Crippen molar-refractivity contribution in [1.29, 1.82) is 0 Å². The molecular weight excluding hydrogens is 272 g/mol. The fourth-order valence-electron chi connectivity index (χ4n) is 3.89. The first-order chi connectivity index (χ1) is 10.8. The van der Waals surface area contributed by atoms with E-state index in [-0.39, 0.29) is 0 Å². The van der Waals surface area contributed by atoms with Gasteiger partial charge in [0.2, 0.25) is 0 Å². The molecule has 0 aliphatic rings. The van der Waals surface area contributed by atoms with Gasteiger partial charge in [-0.25, -0.2) is 4.98 Å². The van der Waals surface area contributed by atoms with E-state index < -0.39 is 0 Å². The lowest BCUT2D eigenvalue weighted by molar-refractivity contribution is 0.961. The number of hydrogen-bond donors (Lipinski definition) is 0. The first-order valence-electron chi connectivity index (χ1n) is 7.41. The lowest BCUT2D eigenvalue weighted by Crippen LogP contribution is -1.88. The number of fused-ring (bicyclic) bond motifs is 8. The lowest BCUT2D eigenvalue weighted by Gasteiger charge is -1.96.